The predicted molar refractivity (Wildman–Crippen MR) is 65.7 cm³/mol. The zero-order valence-electron chi connectivity index (χ0n) is 9.44. The molecule has 1 unspecified atom stereocenters. The molecule has 0 aliphatic carbocycles. The first kappa shape index (κ1) is 12.5. The molecule has 4 nitrogen and oxygen atoms in total. The summed E-state index contributed by atoms with van der Waals surface area (Å²) in [6.45, 7) is 5.25. The Hall–Kier alpha value is -0.520. The van der Waals surface area contributed by atoms with Gasteiger partial charge in [0.25, 0.3) is 0 Å². The van der Waals surface area contributed by atoms with Gasteiger partial charge in [-0.15, -0.1) is 0 Å². The van der Waals surface area contributed by atoms with Crippen LogP contribution >= 0.6 is 11.8 Å². The van der Waals surface area contributed by atoms with Crippen LogP contribution in [0.25, 0.3) is 0 Å². The molecule has 1 atom stereocenters. The summed E-state index contributed by atoms with van der Waals surface area (Å²) in [4.78, 5) is 4.34. The van der Waals surface area contributed by atoms with Gasteiger partial charge in [-0.05, 0) is 12.7 Å². The number of hydrogen-bond donors (Lipinski definition) is 2. The molecule has 5 heteroatoms. The third kappa shape index (κ3) is 3.85. The Morgan fingerprint density at radius 2 is 2.40 bits per heavy atom. The Bertz CT molecular complexity index is 274. The highest BCUT2D eigenvalue weighted by molar-refractivity contribution is 7.99. The van der Waals surface area contributed by atoms with E-state index in [1.165, 1.54) is 0 Å². The van der Waals surface area contributed by atoms with Crippen LogP contribution in [-0.2, 0) is 13.0 Å². The van der Waals surface area contributed by atoms with Crippen molar-refractivity contribution in [2.24, 2.45) is 5.84 Å². The second kappa shape index (κ2) is 6.87. The summed E-state index contributed by atoms with van der Waals surface area (Å²) in [6, 6.07) is 0.308. The highest BCUT2D eigenvalue weighted by Crippen LogP contribution is 2.07. The SMILES string of the molecule is CCSCC(Cc1nccn1CC)NN. The molecule has 0 bridgehead atoms. The van der Waals surface area contributed by atoms with Crippen LogP contribution in [-0.4, -0.2) is 27.1 Å². The fourth-order valence-electron chi connectivity index (χ4n) is 1.46. The third-order valence-corrected chi connectivity index (χ3v) is 3.38. The van der Waals surface area contributed by atoms with Gasteiger partial charge in [0.05, 0.1) is 0 Å². The van der Waals surface area contributed by atoms with E-state index in [1.807, 2.05) is 24.2 Å². The molecule has 0 amide bonds. The van der Waals surface area contributed by atoms with Crippen LogP contribution in [0.1, 0.15) is 19.7 Å². The van der Waals surface area contributed by atoms with Gasteiger partial charge >= 0.3 is 0 Å². The van der Waals surface area contributed by atoms with E-state index in [2.05, 4.69) is 28.8 Å². The van der Waals surface area contributed by atoms with Crippen LogP contribution in [0, 0.1) is 0 Å². The average Bonchev–Trinajstić information content (AvgIpc) is 2.71. The lowest BCUT2D eigenvalue weighted by atomic mass is 10.2. The van der Waals surface area contributed by atoms with Gasteiger partial charge in [0, 0.05) is 37.2 Å². The molecule has 1 heterocycles. The molecule has 0 radical (unpaired) electrons. The second-order valence-corrected chi connectivity index (χ2v) is 4.68. The van der Waals surface area contributed by atoms with Crippen LogP contribution < -0.4 is 11.3 Å². The molecule has 0 aliphatic heterocycles. The maximum Gasteiger partial charge on any atom is 0.110 e. The molecular formula is C10H20N4S. The summed E-state index contributed by atoms with van der Waals surface area (Å²) in [6.07, 6.45) is 4.75. The minimum atomic E-state index is 0.308. The van der Waals surface area contributed by atoms with Crippen molar-refractivity contribution in [2.75, 3.05) is 11.5 Å². The van der Waals surface area contributed by atoms with Gasteiger partial charge < -0.3 is 4.57 Å². The Morgan fingerprint density at radius 1 is 1.60 bits per heavy atom. The van der Waals surface area contributed by atoms with Crippen LogP contribution in [0.4, 0.5) is 0 Å². The zero-order valence-corrected chi connectivity index (χ0v) is 10.3. The average molecular weight is 228 g/mol. The molecule has 86 valence electrons. The smallest absolute Gasteiger partial charge is 0.110 e. The Kier molecular flexibility index (Phi) is 5.75. The fraction of sp³-hybridized carbons (Fsp3) is 0.700. The van der Waals surface area contributed by atoms with Crippen LogP contribution in [0.15, 0.2) is 12.4 Å². The maximum atomic E-state index is 5.52. The summed E-state index contributed by atoms with van der Waals surface area (Å²) in [5, 5.41) is 0. The maximum absolute atomic E-state index is 5.52. The van der Waals surface area contributed by atoms with Crippen molar-refractivity contribution >= 4 is 11.8 Å². The highest BCUT2D eigenvalue weighted by atomic mass is 32.2. The van der Waals surface area contributed by atoms with Gasteiger partial charge in [-0.25, -0.2) is 4.98 Å². The first-order valence-corrected chi connectivity index (χ1v) is 6.51. The minimum absolute atomic E-state index is 0.308. The van der Waals surface area contributed by atoms with Crippen molar-refractivity contribution in [1.29, 1.82) is 0 Å². The van der Waals surface area contributed by atoms with Crippen molar-refractivity contribution in [3.63, 3.8) is 0 Å². The molecule has 0 spiro atoms. The molecule has 0 saturated carbocycles. The minimum Gasteiger partial charge on any atom is -0.335 e. The third-order valence-electron chi connectivity index (χ3n) is 2.33. The number of aromatic nitrogens is 2. The monoisotopic (exact) mass is 228 g/mol. The summed E-state index contributed by atoms with van der Waals surface area (Å²) >= 11 is 1.90. The molecule has 0 fully saturated rings. The Balaban J connectivity index is 2.50. The number of imidazole rings is 1. The van der Waals surface area contributed by atoms with E-state index >= 15 is 0 Å². The molecule has 3 N–H and O–H groups in total. The molecule has 0 saturated heterocycles. The van der Waals surface area contributed by atoms with E-state index in [0.29, 0.717) is 6.04 Å². The molecule has 1 aromatic heterocycles. The number of thioether (sulfide) groups is 1. The quantitative estimate of drug-likeness (QED) is 0.540. The molecule has 0 aromatic carbocycles. The van der Waals surface area contributed by atoms with Gasteiger partial charge in [-0.3, -0.25) is 11.3 Å². The summed E-state index contributed by atoms with van der Waals surface area (Å²) in [5.74, 6) is 8.79. The first-order valence-electron chi connectivity index (χ1n) is 5.35. The molecular weight excluding hydrogens is 208 g/mol. The molecule has 0 aliphatic rings. The van der Waals surface area contributed by atoms with E-state index in [1.54, 1.807) is 0 Å². The summed E-state index contributed by atoms with van der Waals surface area (Å²) in [5.41, 5.74) is 2.85. The number of hydrogen-bond acceptors (Lipinski definition) is 4. The van der Waals surface area contributed by atoms with Crippen LogP contribution in [0.5, 0.6) is 0 Å². The first-order chi connectivity index (χ1) is 7.31. The molecule has 15 heavy (non-hydrogen) atoms. The summed E-state index contributed by atoms with van der Waals surface area (Å²) in [7, 11) is 0. The number of nitrogens with one attached hydrogen (secondary N) is 1. The van der Waals surface area contributed by atoms with Gasteiger partial charge in [0.1, 0.15) is 5.82 Å². The van der Waals surface area contributed by atoms with Crippen molar-refractivity contribution in [2.45, 2.75) is 32.9 Å². The number of nitrogens with two attached hydrogens (primary N) is 1. The van der Waals surface area contributed by atoms with Gasteiger partial charge in [0.15, 0.2) is 0 Å². The van der Waals surface area contributed by atoms with Crippen molar-refractivity contribution in [3.8, 4) is 0 Å². The Labute approximate surface area is 95.6 Å². The van der Waals surface area contributed by atoms with Gasteiger partial charge in [-0.2, -0.15) is 11.8 Å². The lowest BCUT2D eigenvalue weighted by Crippen LogP contribution is -2.39. The van der Waals surface area contributed by atoms with E-state index in [4.69, 9.17) is 5.84 Å². The lowest BCUT2D eigenvalue weighted by molar-refractivity contribution is 0.543. The van der Waals surface area contributed by atoms with Gasteiger partial charge in [0.2, 0.25) is 0 Å². The highest BCUT2D eigenvalue weighted by Gasteiger charge is 2.10. The normalized spacial score (nSPS) is 13.0. The van der Waals surface area contributed by atoms with Gasteiger partial charge in [-0.1, -0.05) is 6.92 Å². The number of rotatable bonds is 7. The molecule has 1 rings (SSSR count). The molecule has 1 aromatic rings. The van der Waals surface area contributed by atoms with E-state index in [-0.39, 0.29) is 0 Å². The predicted octanol–water partition coefficient (Wildman–Crippen LogP) is 1.03. The number of aryl methyl sites for hydroxylation is 1. The van der Waals surface area contributed by atoms with Crippen molar-refractivity contribution < 1.29 is 0 Å². The fourth-order valence-corrected chi connectivity index (χ4v) is 2.20. The topological polar surface area (TPSA) is 55.9 Å². The van der Waals surface area contributed by atoms with Crippen molar-refractivity contribution in [3.05, 3.63) is 18.2 Å². The second-order valence-electron chi connectivity index (χ2n) is 3.36. The Morgan fingerprint density at radius 3 is 3.00 bits per heavy atom. The summed E-state index contributed by atoms with van der Waals surface area (Å²) < 4.78 is 2.15. The standard InChI is InChI=1S/C10H20N4S/c1-3-14-6-5-12-10(14)7-9(13-11)8-15-4-2/h5-6,9,13H,3-4,7-8,11H2,1-2H3. The van der Waals surface area contributed by atoms with E-state index in [9.17, 15) is 0 Å². The lowest BCUT2D eigenvalue weighted by Gasteiger charge is -2.15. The largest absolute Gasteiger partial charge is 0.335 e. The number of nitrogens with zero attached hydrogens (tertiary/aromatic N) is 2. The number of hydrazine groups is 1. The van der Waals surface area contributed by atoms with E-state index in [0.717, 1.165) is 30.3 Å². The van der Waals surface area contributed by atoms with Crippen molar-refractivity contribution in [1.82, 2.24) is 15.0 Å². The van der Waals surface area contributed by atoms with E-state index < -0.39 is 0 Å². The zero-order chi connectivity index (χ0) is 11.1. The van der Waals surface area contributed by atoms with Crippen LogP contribution in [0.3, 0.4) is 0 Å². The van der Waals surface area contributed by atoms with Crippen LogP contribution in [0.2, 0.25) is 0 Å².